The van der Waals surface area contributed by atoms with E-state index in [9.17, 15) is 28.0 Å². The number of nitrogens with one attached hydrogen (secondary N) is 1. The van der Waals surface area contributed by atoms with Gasteiger partial charge in [-0.2, -0.15) is 23.5 Å². The van der Waals surface area contributed by atoms with Crippen molar-refractivity contribution in [3.63, 3.8) is 0 Å². The Morgan fingerprint density at radius 3 is 2.55 bits per heavy atom. The summed E-state index contributed by atoms with van der Waals surface area (Å²) in [4.78, 5) is 27.9. The van der Waals surface area contributed by atoms with Crippen LogP contribution < -0.4 is 21.8 Å². The first-order valence-corrected chi connectivity index (χ1v) is 12.6. The lowest BCUT2D eigenvalue weighted by molar-refractivity contribution is -0.140. The van der Waals surface area contributed by atoms with Crippen LogP contribution in [-0.4, -0.2) is 33.2 Å². The molecule has 208 valence electrons. The Morgan fingerprint density at radius 2 is 1.90 bits per heavy atom. The molecular weight excluding hydrogens is 572 g/mol. The van der Waals surface area contributed by atoms with Gasteiger partial charge in [0.05, 0.1) is 32.9 Å². The maximum Gasteiger partial charge on any atom is 0.435 e. The summed E-state index contributed by atoms with van der Waals surface area (Å²) in [7, 11) is 0. The molecule has 4 rings (SSSR count). The molecule has 2 aromatic carbocycles. The molecule has 5 N–H and O–H groups in total. The normalized spacial score (nSPS) is 12.3. The van der Waals surface area contributed by atoms with E-state index in [4.69, 9.17) is 39.4 Å². The number of halogens is 5. The van der Waals surface area contributed by atoms with E-state index < -0.39 is 35.0 Å². The predicted octanol–water partition coefficient (Wildman–Crippen LogP) is 4.92. The number of aromatic amines is 1. The number of carbonyl (C=O) groups excluding carboxylic acids is 1. The molecule has 9 nitrogen and oxygen atoms in total. The summed E-state index contributed by atoms with van der Waals surface area (Å²) in [5, 5.41) is 13.3. The van der Waals surface area contributed by atoms with E-state index in [1.165, 1.54) is 36.4 Å². The minimum absolute atomic E-state index is 0.000502. The van der Waals surface area contributed by atoms with Crippen LogP contribution in [0.15, 0.2) is 47.3 Å². The maximum atomic E-state index is 14.2. The van der Waals surface area contributed by atoms with Gasteiger partial charge in [0.25, 0.3) is 5.56 Å². The number of hydrogen-bond donors (Lipinski definition) is 3. The largest absolute Gasteiger partial charge is 0.435 e. The molecule has 0 amide bonds. The van der Waals surface area contributed by atoms with Crippen LogP contribution in [0.25, 0.3) is 28.0 Å². The fourth-order valence-electron chi connectivity index (χ4n) is 4.06. The summed E-state index contributed by atoms with van der Waals surface area (Å²) in [6.45, 7) is 0.419. The van der Waals surface area contributed by atoms with Crippen LogP contribution in [0, 0.1) is 11.3 Å². The lowest BCUT2D eigenvalue weighted by Crippen LogP contribution is -2.34. The second-order valence-corrected chi connectivity index (χ2v) is 9.58. The molecule has 4 aromatic rings. The molecule has 0 bridgehead atoms. The van der Waals surface area contributed by atoms with Crippen molar-refractivity contribution in [2.24, 2.45) is 11.5 Å². The topological polar surface area (TPSA) is 152 Å². The van der Waals surface area contributed by atoms with Crippen LogP contribution in [0.3, 0.4) is 0 Å². The van der Waals surface area contributed by atoms with Crippen LogP contribution in [-0.2, 0) is 11.0 Å². The van der Waals surface area contributed by atoms with Gasteiger partial charge in [-0.1, -0.05) is 35.7 Å². The highest BCUT2D eigenvalue weighted by atomic mass is 35.5. The van der Waals surface area contributed by atoms with Crippen molar-refractivity contribution in [2.45, 2.75) is 31.5 Å². The zero-order valence-electron chi connectivity index (χ0n) is 20.6. The smallest absolute Gasteiger partial charge is 0.425 e. The van der Waals surface area contributed by atoms with Gasteiger partial charge in [-0.15, -0.1) is 0 Å². The molecular formula is C26H21Cl2F3N6O3. The lowest BCUT2D eigenvalue weighted by atomic mass is 10.0. The number of ether oxygens (including phenoxy) is 1. The highest BCUT2D eigenvalue weighted by Crippen LogP contribution is 2.41. The van der Waals surface area contributed by atoms with Gasteiger partial charge in [0.1, 0.15) is 17.4 Å². The van der Waals surface area contributed by atoms with Crippen molar-refractivity contribution in [1.29, 1.82) is 5.26 Å². The first-order chi connectivity index (χ1) is 18.9. The van der Waals surface area contributed by atoms with E-state index in [1.54, 1.807) is 0 Å². The fraction of sp³-hybridized carbons (Fsp3) is 0.231. The molecule has 0 radical (unpaired) electrons. The number of aromatic nitrogens is 3. The fourth-order valence-corrected chi connectivity index (χ4v) is 4.36. The number of rotatable bonds is 8. The Kier molecular flexibility index (Phi) is 8.51. The highest BCUT2D eigenvalue weighted by Gasteiger charge is 2.39. The van der Waals surface area contributed by atoms with Gasteiger partial charge >= 0.3 is 12.1 Å². The number of fused-ring (bicyclic) bond motifs is 1. The van der Waals surface area contributed by atoms with Gasteiger partial charge in [0.2, 0.25) is 0 Å². The molecule has 14 heteroatoms. The van der Waals surface area contributed by atoms with Gasteiger partial charge in [-0.05, 0) is 55.3 Å². The Morgan fingerprint density at radius 1 is 1.15 bits per heavy atom. The van der Waals surface area contributed by atoms with E-state index in [1.807, 2.05) is 6.07 Å². The third-order valence-corrected chi connectivity index (χ3v) is 6.71. The van der Waals surface area contributed by atoms with Crippen LogP contribution in [0.2, 0.25) is 10.0 Å². The van der Waals surface area contributed by atoms with Crippen LogP contribution in [0.4, 0.5) is 13.2 Å². The summed E-state index contributed by atoms with van der Waals surface area (Å²) in [6, 6.07) is 9.65. The zero-order valence-corrected chi connectivity index (χ0v) is 22.1. The molecule has 2 heterocycles. The van der Waals surface area contributed by atoms with Crippen molar-refractivity contribution in [2.75, 3.05) is 6.54 Å². The molecule has 0 fully saturated rings. The quantitative estimate of drug-likeness (QED) is 0.149. The predicted molar refractivity (Wildman–Crippen MR) is 143 cm³/mol. The summed E-state index contributed by atoms with van der Waals surface area (Å²) in [5.74, 6) is -1.02. The summed E-state index contributed by atoms with van der Waals surface area (Å²) < 4.78 is 49.0. The molecule has 0 aliphatic rings. The number of hydrogen-bond acceptors (Lipinski definition) is 7. The monoisotopic (exact) mass is 592 g/mol. The average Bonchev–Trinajstić information content (AvgIpc) is 3.30. The Hall–Kier alpha value is -3.89. The van der Waals surface area contributed by atoms with E-state index in [-0.39, 0.29) is 50.2 Å². The number of esters is 1. The molecule has 0 aliphatic carbocycles. The van der Waals surface area contributed by atoms with Crippen LogP contribution in [0.1, 0.15) is 30.5 Å². The van der Waals surface area contributed by atoms with Gasteiger partial charge in [-0.25, -0.2) is 9.31 Å². The Balaban J connectivity index is 1.93. The van der Waals surface area contributed by atoms with E-state index in [0.29, 0.717) is 19.4 Å². The third kappa shape index (κ3) is 5.97. The number of unbranched alkanes of at least 4 members (excludes halogenated alkanes) is 1. The SMILES string of the molecule is N#Cc1ccc(-c2cc(=O)[nH]c3c(-c4ccc(Cl)c(Cl)c4)c(C(F)(F)F)nn23)c(OC(=O)[C@@H](N)CCCCN)c1. The number of carbonyl (C=O) groups is 1. The van der Waals surface area contributed by atoms with E-state index in [0.717, 1.165) is 10.6 Å². The molecule has 0 aliphatic heterocycles. The minimum Gasteiger partial charge on any atom is -0.425 e. The van der Waals surface area contributed by atoms with Gasteiger partial charge in [-0.3, -0.25) is 4.79 Å². The van der Waals surface area contributed by atoms with E-state index in [2.05, 4.69) is 10.1 Å². The molecule has 2 aromatic heterocycles. The molecule has 0 saturated carbocycles. The van der Waals surface area contributed by atoms with Gasteiger partial charge in [0.15, 0.2) is 5.69 Å². The second-order valence-electron chi connectivity index (χ2n) is 8.76. The second kappa shape index (κ2) is 11.7. The third-order valence-electron chi connectivity index (χ3n) is 5.97. The van der Waals surface area contributed by atoms with Gasteiger partial charge < -0.3 is 21.2 Å². The summed E-state index contributed by atoms with van der Waals surface area (Å²) in [6.07, 6.45) is -3.45. The van der Waals surface area contributed by atoms with Crippen molar-refractivity contribution in [3.8, 4) is 34.2 Å². The number of benzene rings is 2. The van der Waals surface area contributed by atoms with Crippen molar-refractivity contribution >= 4 is 34.8 Å². The summed E-state index contributed by atoms with van der Waals surface area (Å²) >= 11 is 12.0. The molecule has 0 unspecified atom stereocenters. The van der Waals surface area contributed by atoms with E-state index >= 15 is 0 Å². The number of H-pyrrole nitrogens is 1. The zero-order chi connectivity index (χ0) is 29.2. The number of nitrogens with two attached hydrogens (primary N) is 2. The number of alkyl halides is 3. The molecule has 1 atom stereocenters. The summed E-state index contributed by atoms with van der Waals surface area (Å²) in [5.41, 5.74) is 8.58. The van der Waals surface area contributed by atoms with Crippen molar-refractivity contribution in [3.05, 3.63) is 74.1 Å². The minimum atomic E-state index is -4.93. The maximum absolute atomic E-state index is 14.2. The van der Waals surface area contributed by atoms with Crippen molar-refractivity contribution < 1.29 is 22.7 Å². The first-order valence-electron chi connectivity index (χ1n) is 11.8. The Labute approximate surface area is 235 Å². The molecule has 0 saturated heterocycles. The first kappa shape index (κ1) is 29.1. The molecule has 0 spiro atoms. The van der Waals surface area contributed by atoms with Crippen molar-refractivity contribution in [1.82, 2.24) is 14.6 Å². The van der Waals surface area contributed by atoms with Crippen LogP contribution >= 0.6 is 23.2 Å². The number of nitriles is 1. The highest BCUT2D eigenvalue weighted by molar-refractivity contribution is 6.42. The average molecular weight is 593 g/mol. The lowest BCUT2D eigenvalue weighted by Gasteiger charge is -2.15. The Bertz CT molecular complexity index is 1690. The number of nitrogens with zero attached hydrogens (tertiary/aromatic N) is 3. The van der Waals surface area contributed by atoms with Crippen LogP contribution in [0.5, 0.6) is 5.75 Å². The van der Waals surface area contributed by atoms with Gasteiger partial charge in [0, 0.05) is 11.6 Å². The molecule has 40 heavy (non-hydrogen) atoms. The standard InChI is InChI=1S/C26H21Cl2F3N6O3/c27-16-7-5-14(10-17(16)28)22-23(26(29,30)31)36-37-19(11-21(38)35-24(22)37)15-6-4-13(12-33)9-20(15)40-25(39)18(34)3-1-2-8-32/h4-7,9-11,18H,1-3,8,32,34H2,(H,35,38)/t18-/m0/s1.